The number of carbonyl (C=O) groups is 1. The van der Waals surface area contributed by atoms with Crippen LogP contribution < -0.4 is 22.1 Å². The summed E-state index contributed by atoms with van der Waals surface area (Å²) in [6.45, 7) is 1.12. The monoisotopic (exact) mass is 441 g/mol. The molecule has 1 aliphatic rings. The summed E-state index contributed by atoms with van der Waals surface area (Å²) in [5.74, 6) is -1.21. The van der Waals surface area contributed by atoms with Gasteiger partial charge in [-0.25, -0.2) is 9.37 Å². The second-order valence-corrected chi connectivity index (χ2v) is 8.00. The molecule has 0 saturated heterocycles. The lowest BCUT2D eigenvalue weighted by Gasteiger charge is -2.30. The molecule has 0 aliphatic heterocycles. The minimum absolute atomic E-state index is 0.0372. The van der Waals surface area contributed by atoms with E-state index in [0.29, 0.717) is 18.8 Å². The minimum Gasteiger partial charge on any atom is -0.383 e. The maximum atomic E-state index is 14.8. The zero-order valence-electron chi connectivity index (χ0n) is 18.0. The molecule has 1 fully saturated rings. The fourth-order valence-electron chi connectivity index (χ4n) is 4.08. The van der Waals surface area contributed by atoms with Crippen LogP contribution in [0.25, 0.3) is 10.9 Å². The summed E-state index contributed by atoms with van der Waals surface area (Å²) in [7, 11) is 1.63. The van der Waals surface area contributed by atoms with E-state index in [0.717, 1.165) is 42.7 Å². The van der Waals surface area contributed by atoms with Crippen LogP contribution in [0.15, 0.2) is 30.5 Å². The van der Waals surface area contributed by atoms with Crippen molar-refractivity contribution in [2.75, 3.05) is 24.4 Å². The van der Waals surface area contributed by atoms with Gasteiger partial charge in [0.2, 0.25) is 0 Å². The molecule has 2 heterocycles. The Hall–Kier alpha value is -3.24. The zero-order chi connectivity index (χ0) is 22.7. The number of fused-ring (bicyclic) bond motifs is 1. The van der Waals surface area contributed by atoms with Crippen molar-refractivity contribution in [3.05, 3.63) is 41.8 Å². The molecule has 10 heteroatoms. The predicted octanol–water partition coefficient (Wildman–Crippen LogP) is 2.74. The van der Waals surface area contributed by atoms with E-state index in [-0.39, 0.29) is 29.3 Å². The Labute approximate surface area is 185 Å². The van der Waals surface area contributed by atoms with Gasteiger partial charge in [0.05, 0.1) is 36.1 Å². The van der Waals surface area contributed by atoms with Crippen LogP contribution in [0, 0.1) is 5.82 Å². The molecule has 1 aromatic carbocycles. The first-order valence-electron chi connectivity index (χ1n) is 10.7. The first-order chi connectivity index (χ1) is 15.5. The Bertz CT molecular complexity index is 1120. The van der Waals surface area contributed by atoms with Gasteiger partial charge < -0.3 is 26.8 Å². The van der Waals surface area contributed by atoms with Crippen molar-refractivity contribution in [2.45, 2.75) is 44.3 Å². The molecule has 1 amide bonds. The molecule has 4 rings (SSSR count). The number of amides is 1. The molecule has 2 atom stereocenters. The molecular formula is C22H28FN7O2. The maximum Gasteiger partial charge on any atom is 0.252 e. The van der Waals surface area contributed by atoms with Crippen LogP contribution in [0.5, 0.6) is 0 Å². The third kappa shape index (κ3) is 4.51. The summed E-state index contributed by atoms with van der Waals surface area (Å²) in [4.78, 5) is 16.4. The Balaban J connectivity index is 1.68. The van der Waals surface area contributed by atoms with Gasteiger partial charge in [0.1, 0.15) is 5.82 Å². The number of carbonyl (C=O) groups excluding carboxylic acids is 1. The molecule has 1 aliphatic carbocycles. The standard InChI is InChI=1S/C22H28FN7O2/c1-32-10-9-30-19-8-4-7-17(14(19)12-26-30)27-21-13(20(25)31)11-15(23)22(29-21)28-18-6-3-2-5-16(18)24/h4,7-8,11-12,16,18H,2-3,5-6,9-10,24H2,1H3,(H2,25,31)(H2,27,28,29). The second-order valence-electron chi connectivity index (χ2n) is 8.00. The fourth-order valence-corrected chi connectivity index (χ4v) is 4.08. The average Bonchev–Trinajstić information content (AvgIpc) is 3.19. The van der Waals surface area contributed by atoms with Crippen LogP contribution >= 0.6 is 0 Å². The van der Waals surface area contributed by atoms with Gasteiger partial charge >= 0.3 is 0 Å². The van der Waals surface area contributed by atoms with E-state index in [1.165, 1.54) is 0 Å². The highest BCUT2D eigenvalue weighted by Crippen LogP contribution is 2.30. The van der Waals surface area contributed by atoms with E-state index < -0.39 is 11.7 Å². The van der Waals surface area contributed by atoms with Crippen molar-refractivity contribution in [1.82, 2.24) is 14.8 Å². The number of rotatable bonds is 8. The molecule has 9 nitrogen and oxygen atoms in total. The number of nitrogens with one attached hydrogen (secondary N) is 2. The quantitative estimate of drug-likeness (QED) is 0.422. The normalized spacial score (nSPS) is 18.6. The SMILES string of the molecule is COCCn1ncc2c(Nc3nc(NC4CCCCC4N)c(F)cc3C(N)=O)cccc21. The molecule has 2 aromatic heterocycles. The summed E-state index contributed by atoms with van der Waals surface area (Å²) in [5.41, 5.74) is 13.2. The molecule has 32 heavy (non-hydrogen) atoms. The lowest BCUT2D eigenvalue weighted by Crippen LogP contribution is -2.43. The Kier molecular flexibility index (Phi) is 6.52. The number of nitrogens with two attached hydrogens (primary N) is 2. The maximum absolute atomic E-state index is 14.8. The van der Waals surface area contributed by atoms with E-state index in [1.807, 2.05) is 22.9 Å². The number of hydrogen-bond donors (Lipinski definition) is 4. The number of nitrogens with zero attached hydrogens (tertiary/aromatic N) is 3. The van der Waals surface area contributed by atoms with Gasteiger partial charge in [-0.1, -0.05) is 18.9 Å². The highest BCUT2D eigenvalue weighted by Gasteiger charge is 2.24. The molecule has 170 valence electrons. The van der Waals surface area contributed by atoms with Gasteiger partial charge in [0.25, 0.3) is 5.91 Å². The molecule has 1 saturated carbocycles. The van der Waals surface area contributed by atoms with E-state index in [9.17, 15) is 9.18 Å². The summed E-state index contributed by atoms with van der Waals surface area (Å²) >= 11 is 0. The average molecular weight is 442 g/mol. The van der Waals surface area contributed by atoms with Crippen LogP contribution in [-0.4, -0.2) is 46.5 Å². The third-order valence-electron chi connectivity index (χ3n) is 5.83. The van der Waals surface area contributed by atoms with Gasteiger partial charge in [0, 0.05) is 24.6 Å². The van der Waals surface area contributed by atoms with Crippen molar-refractivity contribution in [1.29, 1.82) is 0 Å². The molecule has 6 N–H and O–H groups in total. The molecule has 3 aromatic rings. The van der Waals surface area contributed by atoms with E-state index in [1.54, 1.807) is 13.3 Å². The number of anilines is 3. The molecular weight excluding hydrogens is 413 g/mol. The summed E-state index contributed by atoms with van der Waals surface area (Å²) in [5, 5.41) is 11.5. The first-order valence-corrected chi connectivity index (χ1v) is 10.7. The minimum atomic E-state index is -0.775. The predicted molar refractivity (Wildman–Crippen MR) is 121 cm³/mol. The van der Waals surface area contributed by atoms with Crippen molar-refractivity contribution in [2.24, 2.45) is 11.5 Å². The Morgan fingerprint density at radius 3 is 2.88 bits per heavy atom. The van der Waals surface area contributed by atoms with Crippen LogP contribution in [-0.2, 0) is 11.3 Å². The van der Waals surface area contributed by atoms with E-state index in [2.05, 4.69) is 20.7 Å². The van der Waals surface area contributed by atoms with Crippen molar-refractivity contribution in [3.63, 3.8) is 0 Å². The number of benzene rings is 1. The Morgan fingerprint density at radius 2 is 2.12 bits per heavy atom. The van der Waals surface area contributed by atoms with Gasteiger partial charge in [-0.15, -0.1) is 0 Å². The topological polar surface area (TPSA) is 133 Å². The molecule has 0 bridgehead atoms. The van der Waals surface area contributed by atoms with Gasteiger partial charge in [0.15, 0.2) is 11.6 Å². The largest absolute Gasteiger partial charge is 0.383 e. The molecule has 0 spiro atoms. The summed E-state index contributed by atoms with van der Waals surface area (Å²) in [6.07, 6.45) is 5.51. The van der Waals surface area contributed by atoms with E-state index >= 15 is 0 Å². The van der Waals surface area contributed by atoms with Crippen molar-refractivity contribution in [3.8, 4) is 0 Å². The lowest BCUT2D eigenvalue weighted by atomic mass is 9.91. The smallest absolute Gasteiger partial charge is 0.252 e. The molecule has 0 radical (unpaired) electrons. The highest BCUT2D eigenvalue weighted by molar-refractivity contribution is 6.00. The van der Waals surface area contributed by atoms with Gasteiger partial charge in [-0.2, -0.15) is 5.10 Å². The summed E-state index contributed by atoms with van der Waals surface area (Å²) < 4.78 is 21.7. The number of methoxy groups -OCH3 is 1. The lowest BCUT2D eigenvalue weighted by molar-refractivity contribution is 0.100. The number of hydrogen-bond acceptors (Lipinski definition) is 7. The van der Waals surface area contributed by atoms with Crippen LogP contribution in [0.3, 0.4) is 0 Å². The molecule has 2 unspecified atom stereocenters. The number of halogens is 1. The fraction of sp³-hybridized carbons (Fsp3) is 0.409. The van der Waals surface area contributed by atoms with Crippen LogP contribution in [0.2, 0.25) is 0 Å². The zero-order valence-corrected chi connectivity index (χ0v) is 18.0. The number of primary amides is 1. The number of aromatic nitrogens is 3. The number of pyridine rings is 1. The van der Waals surface area contributed by atoms with E-state index in [4.69, 9.17) is 16.2 Å². The van der Waals surface area contributed by atoms with Crippen LogP contribution in [0.1, 0.15) is 36.0 Å². The highest BCUT2D eigenvalue weighted by atomic mass is 19.1. The van der Waals surface area contributed by atoms with Crippen LogP contribution in [0.4, 0.5) is 21.7 Å². The van der Waals surface area contributed by atoms with Crippen molar-refractivity contribution < 1.29 is 13.9 Å². The summed E-state index contributed by atoms with van der Waals surface area (Å²) in [6, 6.07) is 6.59. The second kappa shape index (κ2) is 9.49. The first kappa shape index (κ1) is 22.0. The number of ether oxygens (including phenoxy) is 1. The third-order valence-corrected chi connectivity index (χ3v) is 5.83. The van der Waals surface area contributed by atoms with Crippen molar-refractivity contribution >= 4 is 34.1 Å². The van der Waals surface area contributed by atoms with Gasteiger partial charge in [-0.3, -0.25) is 9.48 Å². The van der Waals surface area contributed by atoms with Gasteiger partial charge in [-0.05, 0) is 31.0 Å². The Morgan fingerprint density at radius 1 is 1.31 bits per heavy atom.